The Hall–Kier alpha value is -1.18. The predicted molar refractivity (Wildman–Crippen MR) is 59.4 cm³/mol. The summed E-state index contributed by atoms with van der Waals surface area (Å²) in [5.74, 6) is -2.00. The van der Waals surface area contributed by atoms with E-state index in [2.05, 4.69) is 0 Å². The van der Waals surface area contributed by atoms with Gasteiger partial charge in [0, 0.05) is 0 Å². The van der Waals surface area contributed by atoms with Crippen molar-refractivity contribution in [3.63, 3.8) is 0 Å². The summed E-state index contributed by atoms with van der Waals surface area (Å²) < 4.78 is 0.838. The molecule has 0 aromatic carbocycles. The number of likely N-dealkylation sites (N-methyl/N-ethyl adjacent to an activating group) is 2. The molecule has 0 amide bonds. The molecule has 0 heterocycles. The monoisotopic (exact) mass is 252 g/mol. The molecule has 0 radical (unpaired) electrons. The standard InChI is InChI=1S/2C5H11NO2.H2O/c2*1-6(2,3)4-5(7)8;/h2*4H2,1-3H3;1H2. The minimum absolute atomic E-state index is 0. The van der Waals surface area contributed by atoms with E-state index in [1.54, 1.807) is 42.3 Å². The number of carboxylic acids is 2. The molecule has 104 valence electrons. The quantitative estimate of drug-likeness (QED) is 0.475. The van der Waals surface area contributed by atoms with Gasteiger partial charge in [0.05, 0.1) is 54.2 Å². The molecule has 0 saturated carbocycles. The van der Waals surface area contributed by atoms with Crippen LogP contribution in [0.4, 0.5) is 0 Å². The molecule has 0 aromatic heterocycles. The van der Waals surface area contributed by atoms with Gasteiger partial charge in [0.25, 0.3) is 0 Å². The van der Waals surface area contributed by atoms with Crippen LogP contribution in [-0.2, 0) is 9.59 Å². The van der Waals surface area contributed by atoms with Gasteiger partial charge in [0.1, 0.15) is 13.1 Å². The van der Waals surface area contributed by atoms with Crippen LogP contribution in [0.3, 0.4) is 0 Å². The van der Waals surface area contributed by atoms with Gasteiger partial charge in [-0.3, -0.25) is 0 Å². The maximum Gasteiger partial charge on any atom is 0.118 e. The molecule has 0 unspecified atom stereocenters. The second-order valence-corrected chi connectivity index (χ2v) is 5.64. The van der Waals surface area contributed by atoms with E-state index in [0.717, 1.165) is 0 Å². The normalized spacial score (nSPS) is 10.7. The maximum atomic E-state index is 9.89. The molecule has 0 bridgehead atoms. The van der Waals surface area contributed by atoms with Crippen LogP contribution in [0.1, 0.15) is 0 Å². The van der Waals surface area contributed by atoms with Gasteiger partial charge in [-0.1, -0.05) is 0 Å². The third kappa shape index (κ3) is 31.3. The van der Waals surface area contributed by atoms with Crippen molar-refractivity contribution in [1.82, 2.24) is 0 Å². The maximum absolute atomic E-state index is 9.89. The van der Waals surface area contributed by atoms with Crippen molar-refractivity contribution in [3.8, 4) is 0 Å². The number of carbonyl (C=O) groups excluding carboxylic acids is 2. The Bertz CT molecular complexity index is 214. The fraction of sp³-hybridized carbons (Fsp3) is 0.800. The Labute approximate surface area is 102 Å². The largest absolute Gasteiger partial charge is 0.544 e. The fourth-order valence-electron chi connectivity index (χ4n) is 0.775. The molecule has 0 saturated heterocycles. The first kappa shape index (κ1) is 21.1. The summed E-state index contributed by atoms with van der Waals surface area (Å²) in [6.07, 6.45) is 0. The van der Waals surface area contributed by atoms with Crippen LogP contribution in [-0.4, -0.2) is 81.8 Å². The number of hydrogen-bond acceptors (Lipinski definition) is 4. The molecular weight excluding hydrogens is 228 g/mol. The van der Waals surface area contributed by atoms with Crippen molar-refractivity contribution in [1.29, 1.82) is 0 Å². The third-order valence-corrected chi connectivity index (χ3v) is 1.21. The molecule has 0 aliphatic heterocycles. The first-order valence-corrected chi connectivity index (χ1v) is 4.84. The number of aliphatic carboxylic acids is 2. The lowest BCUT2D eigenvalue weighted by Gasteiger charge is -2.23. The van der Waals surface area contributed by atoms with Gasteiger partial charge in [-0.05, 0) is 0 Å². The van der Waals surface area contributed by atoms with Gasteiger partial charge >= 0.3 is 0 Å². The van der Waals surface area contributed by atoms with Gasteiger partial charge in [-0.15, -0.1) is 0 Å². The van der Waals surface area contributed by atoms with E-state index >= 15 is 0 Å². The van der Waals surface area contributed by atoms with Crippen molar-refractivity contribution in [2.24, 2.45) is 0 Å². The minimum atomic E-state index is -1.00. The molecule has 17 heavy (non-hydrogen) atoms. The molecule has 0 spiro atoms. The van der Waals surface area contributed by atoms with Crippen LogP contribution in [0.25, 0.3) is 0 Å². The third-order valence-electron chi connectivity index (χ3n) is 1.21. The lowest BCUT2D eigenvalue weighted by atomic mass is 10.5. The highest BCUT2D eigenvalue weighted by Gasteiger charge is 2.05. The van der Waals surface area contributed by atoms with E-state index in [4.69, 9.17) is 0 Å². The van der Waals surface area contributed by atoms with Gasteiger partial charge < -0.3 is 34.2 Å². The second kappa shape index (κ2) is 7.99. The molecule has 0 aliphatic carbocycles. The van der Waals surface area contributed by atoms with Crippen molar-refractivity contribution in [3.05, 3.63) is 0 Å². The van der Waals surface area contributed by atoms with Crippen molar-refractivity contribution in [2.75, 3.05) is 55.4 Å². The number of carboxylic acid groups (broad SMARTS) is 2. The van der Waals surface area contributed by atoms with Gasteiger partial charge in [-0.2, -0.15) is 0 Å². The summed E-state index contributed by atoms with van der Waals surface area (Å²) in [7, 11) is 10.8. The zero-order valence-electron chi connectivity index (χ0n) is 11.4. The molecule has 0 aliphatic rings. The first-order chi connectivity index (χ1) is 6.83. The van der Waals surface area contributed by atoms with Crippen LogP contribution in [0.5, 0.6) is 0 Å². The lowest BCUT2D eigenvalue weighted by Crippen LogP contribution is -2.45. The number of rotatable bonds is 4. The number of nitrogens with zero attached hydrogens (tertiary/aromatic N) is 2. The Morgan fingerprint density at radius 2 is 0.941 bits per heavy atom. The highest BCUT2D eigenvalue weighted by molar-refractivity contribution is 5.65. The van der Waals surface area contributed by atoms with Crippen LogP contribution >= 0.6 is 0 Å². The average Bonchev–Trinajstić information content (AvgIpc) is 1.72. The summed E-state index contributed by atoms with van der Waals surface area (Å²) in [6, 6.07) is 0. The number of quaternary nitrogens is 2. The van der Waals surface area contributed by atoms with Crippen molar-refractivity contribution >= 4 is 11.9 Å². The van der Waals surface area contributed by atoms with Crippen LogP contribution in [0, 0.1) is 0 Å². The van der Waals surface area contributed by atoms with Crippen LogP contribution in [0.15, 0.2) is 0 Å². The van der Waals surface area contributed by atoms with E-state index in [-0.39, 0.29) is 18.6 Å². The summed E-state index contributed by atoms with van der Waals surface area (Å²) in [5.41, 5.74) is 0. The summed E-state index contributed by atoms with van der Waals surface area (Å²) in [5, 5.41) is 19.8. The Kier molecular flexibility index (Phi) is 9.94. The molecule has 0 atom stereocenters. The van der Waals surface area contributed by atoms with Gasteiger partial charge in [0.15, 0.2) is 0 Å². The van der Waals surface area contributed by atoms with Crippen LogP contribution < -0.4 is 10.2 Å². The average molecular weight is 252 g/mol. The number of carbonyl (C=O) groups is 2. The molecule has 0 aromatic rings. The van der Waals surface area contributed by atoms with Gasteiger partial charge in [0.2, 0.25) is 0 Å². The van der Waals surface area contributed by atoms with Crippen LogP contribution in [0.2, 0.25) is 0 Å². The summed E-state index contributed by atoms with van der Waals surface area (Å²) in [6.45, 7) is 0.139. The van der Waals surface area contributed by atoms with E-state index in [9.17, 15) is 19.8 Å². The number of hydrogen-bond donors (Lipinski definition) is 0. The van der Waals surface area contributed by atoms with E-state index < -0.39 is 11.9 Å². The zero-order chi connectivity index (χ0) is 13.6. The molecule has 7 heteroatoms. The lowest BCUT2D eigenvalue weighted by molar-refractivity contribution is -0.864. The summed E-state index contributed by atoms with van der Waals surface area (Å²) in [4.78, 5) is 19.8. The highest BCUT2D eigenvalue weighted by Crippen LogP contribution is 1.85. The predicted octanol–water partition coefficient (Wildman–Crippen LogP) is -3.94. The topological polar surface area (TPSA) is 112 Å². The van der Waals surface area contributed by atoms with Crippen molar-refractivity contribution < 1.29 is 34.2 Å². The second-order valence-electron chi connectivity index (χ2n) is 5.64. The highest BCUT2D eigenvalue weighted by atomic mass is 16.4. The van der Waals surface area contributed by atoms with Gasteiger partial charge in [-0.25, -0.2) is 0 Å². The van der Waals surface area contributed by atoms with E-state index in [1.165, 1.54) is 0 Å². The Morgan fingerprint density at radius 3 is 0.941 bits per heavy atom. The fourth-order valence-corrected chi connectivity index (χ4v) is 0.775. The molecule has 2 N–H and O–H groups in total. The molecule has 0 rings (SSSR count). The van der Waals surface area contributed by atoms with Crippen molar-refractivity contribution in [2.45, 2.75) is 0 Å². The molecule has 7 nitrogen and oxygen atoms in total. The summed E-state index contributed by atoms with van der Waals surface area (Å²) >= 11 is 0. The molecular formula is C10H24N2O5. The molecule has 0 fully saturated rings. The SMILES string of the molecule is C[N+](C)(C)CC(=O)[O-].C[N+](C)(C)CC(=O)[O-].O. The first-order valence-electron chi connectivity index (χ1n) is 4.84. The van der Waals surface area contributed by atoms with E-state index in [0.29, 0.717) is 8.97 Å². The zero-order valence-corrected chi connectivity index (χ0v) is 11.4. The Morgan fingerprint density at radius 1 is 0.765 bits per heavy atom. The Balaban J connectivity index is -0.000000218. The smallest absolute Gasteiger partial charge is 0.118 e. The minimum Gasteiger partial charge on any atom is -0.544 e. The van der Waals surface area contributed by atoms with E-state index in [1.807, 2.05) is 0 Å².